The van der Waals surface area contributed by atoms with Crippen LogP contribution >= 0.6 is 11.6 Å². The van der Waals surface area contributed by atoms with Crippen LogP contribution in [0.4, 0.5) is 21.5 Å². The lowest BCUT2D eigenvalue weighted by molar-refractivity contribution is -0.119. The number of halogens is 2. The van der Waals surface area contributed by atoms with Gasteiger partial charge < -0.3 is 21.3 Å². The molecule has 180 valence electrons. The van der Waals surface area contributed by atoms with Gasteiger partial charge in [-0.1, -0.05) is 35.9 Å². The zero-order chi connectivity index (χ0) is 24.9. The van der Waals surface area contributed by atoms with Gasteiger partial charge in [-0.25, -0.2) is 4.39 Å². The van der Waals surface area contributed by atoms with E-state index < -0.39 is 11.7 Å². The number of nitrogens with two attached hydrogens (primary N) is 1. The highest BCUT2D eigenvalue weighted by Crippen LogP contribution is 2.35. The molecule has 0 radical (unpaired) electrons. The first-order valence-corrected chi connectivity index (χ1v) is 11.6. The number of para-hydroxylation sites is 2. The van der Waals surface area contributed by atoms with E-state index >= 15 is 4.39 Å². The molecule has 2 atom stereocenters. The van der Waals surface area contributed by atoms with Crippen molar-refractivity contribution >= 4 is 46.6 Å². The first-order valence-electron chi connectivity index (χ1n) is 11.2. The summed E-state index contributed by atoms with van der Waals surface area (Å²) in [5, 5.41) is 6.19. The second-order valence-corrected chi connectivity index (χ2v) is 9.06. The summed E-state index contributed by atoms with van der Waals surface area (Å²) in [5.41, 5.74) is 8.47. The summed E-state index contributed by atoms with van der Waals surface area (Å²) in [6.07, 6.45) is 2.86. The van der Waals surface area contributed by atoms with Gasteiger partial charge in [-0.3, -0.25) is 9.59 Å². The quantitative estimate of drug-likeness (QED) is 0.334. The van der Waals surface area contributed by atoms with Crippen LogP contribution in [0.3, 0.4) is 0 Å². The zero-order valence-corrected chi connectivity index (χ0v) is 19.9. The van der Waals surface area contributed by atoms with Crippen LogP contribution in [0, 0.1) is 11.7 Å². The fourth-order valence-electron chi connectivity index (χ4n) is 4.25. The van der Waals surface area contributed by atoms with E-state index in [1.807, 2.05) is 11.9 Å². The number of nitrogens with one attached hydrogen (secondary N) is 2. The number of amides is 2. The van der Waals surface area contributed by atoms with E-state index in [1.165, 1.54) is 18.2 Å². The van der Waals surface area contributed by atoms with E-state index in [0.29, 0.717) is 46.3 Å². The molecule has 1 aliphatic heterocycles. The van der Waals surface area contributed by atoms with Crippen molar-refractivity contribution in [2.24, 2.45) is 5.92 Å². The standard InChI is InChI=1S/C27H26ClFN4O2/c1-33-15-21(22(16-33)27(35)31-19-10-8-18(28)9-11-19)20-12-6-17(14-23(20)29)7-13-26(34)32-25-5-3-2-4-24(25)30/h2-14,21-22H,15-16,30H2,1H3,(H,31,35)(H,32,34)/b13-7+/t21-,22+/m0/s1. The molecule has 8 heteroatoms. The number of benzene rings is 3. The molecule has 2 amide bonds. The SMILES string of the molecule is CN1C[C@@H](C(=O)Nc2ccc(Cl)cc2)[C@H](c2ccc(/C=C/C(=O)Nc3ccccc3N)cc2F)C1. The molecule has 0 saturated carbocycles. The largest absolute Gasteiger partial charge is 0.397 e. The molecule has 0 aliphatic carbocycles. The van der Waals surface area contributed by atoms with E-state index in [1.54, 1.807) is 60.7 Å². The summed E-state index contributed by atoms with van der Waals surface area (Å²) in [7, 11) is 1.91. The van der Waals surface area contributed by atoms with Crippen molar-refractivity contribution in [2.45, 2.75) is 5.92 Å². The van der Waals surface area contributed by atoms with Crippen LogP contribution in [0.1, 0.15) is 17.0 Å². The van der Waals surface area contributed by atoms with E-state index in [2.05, 4.69) is 10.6 Å². The molecular formula is C27H26ClFN4O2. The Morgan fingerprint density at radius 3 is 2.51 bits per heavy atom. The van der Waals surface area contributed by atoms with Gasteiger partial charge in [-0.05, 0) is 66.7 Å². The Labute approximate surface area is 208 Å². The van der Waals surface area contributed by atoms with Crippen LogP contribution < -0.4 is 16.4 Å². The van der Waals surface area contributed by atoms with Gasteiger partial charge in [0.05, 0.1) is 17.3 Å². The van der Waals surface area contributed by atoms with E-state index in [-0.39, 0.29) is 17.7 Å². The van der Waals surface area contributed by atoms with E-state index in [4.69, 9.17) is 17.3 Å². The molecule has 3 aromatic carbocycles. The first-order chi connectivity index (χ1) is 16.8. The molecule has 4 N–H and O–H groups in total. The third-order valence-electron chi connectivity index (χ3n) is 6.02. The Hall–Kier alpha value is -3.68. The molecular weight excluding hydrogens is 467 g/mol. The molecule has 1 aliphatic rings. The molecule has 3 aromatic rings. The molecule has 0 aromatic heterocycles. The highest BCUT2D eigenvalue weighted by atomic mass is 35.5. The van der Waals surface area contributed by atoms with Gasteiger partial charge in [0.25, 0.3) is 0 Å². The zero-order valence-electron chi connectivity index (χ0n) is 19.2. The Balaban J connectivity index is 1.45. The van der Waals surface area contributed by atoms with Gasteiger partial charge in [-0.2, -0.15) is 0 Å². The number of nitrogen functional groups attached to an aromatic ring is 1. The Bertz CT molecular complexity index is 1260. The minimum Gasteiger partial charge on any atom is -0.397 e. The summed E-state index contributed by atoms with van der Waals surface area (Å²) in [6, 6.07) is 18.6. The van der Waals surface area contributed by atoms with Crippen molar-refractivity contribution in [3.8, 4) is 0 Å². The fraction of sp³-hybridized carbons (Fsp3) is 0.185. The maximum Gasteiger partial charge on any atom is 0.248 e. The summed E-state index contributed by atoms with van der Waals surface area (Å²) in [6.45, 7) is 1.08. The topological polar surface area (TPSA) is 87.5 Å². The smallest absolute Gasteiger partial charge is 0.248 e. The highest BCUT2D eigenvalue weighted by molar-refractivity contribution is 6.30. The Morgan fingerprint density at radius 2 is 1.80 bits per heavy atom. The minimum absolute atomic E-state index is 0.165. The molecule has 1 fully saturated rings. The van der Waals surface area contributed by atoms with Gasteiger partial charge >= 0.3 is 0 Å². The molecule has 0 spiro atoms. The molecule has 0 bridgehead atoms. The lowest BCUT2D eigenvalue weighted by Crippen LogP contribution is -2.28. The summed E-state index contributed by atoms with van der Waals surface area (Å²) < 4.78 is 15.1. The monoisotopic (exact) mass is 492 g/mol. The van der Waals surface area contributed by atoms with Gasteiger partial charge in [0, 0.05) is 35.8 Å². The number of anilines is 3. The summed E-state index contributed by atoms with van der Waals surface area (Å²) in [5.74, 6) is -1.65. The van der Waals surface area contributed by atoms with Crippen LogP contribution in [0.5, 0.6) is 0 Å². The normalized spacial score (nSPS) is 18.0. The molecule has 35 heavy (non-hydrogen) atoms. The number of likely N-dealkylation sites (tertiary alicyclic amines) is 1. The second-order valence-electron chi connectivity index (χ2n) is 8.62. The maximum atomic E-state index is 15.1. The second kappa shape index (κ2) is 10.7. The first kappa shape index (κ1) is 24.4. The van der Waals surface area contributed by atoms with E-state index in [0.717, 1.165) is 0 Å². The summed E-state index contributed by atoms with van der Waals surface area (Å²) >= 11 is 5.92. The third-order valence-corrected chi connectivity index (χ3v) is 6.27. The van der Waals surface area contributed by atoms with Crippen molar-refractivity contribution in [3.05, 3.63) is 94.8 Å². The molecule has 6 nitrogen and oxygen atoms in total. The predicted octanol–water partition coefficient (Wildman–Crippen LogP) is 5.00. The molecule has 1 heterocycles. The van der Waals surface area contributed by atoms with Crippen LogP contribution in [0.15, 0.2) is 72.8 Å². The average molecular weight is 493 g/mol. The van der Waals surface area contributed by atoms with Crippen molar-refractivity contribution in [1.82, 2.24) is 4.90 Å². The predicted molar refractivity (Wildman–Crippen MR) is 139 cm³/mol. The van der Waals surface area contributed by atoms with Crippen molar-refractivity contribution in [3.63, 3.8) is 0 Å². The van der Waals surface area contributed by atoms with Crippen molar-refractivity contribution < 1.29 is 14.0 Å². The third kappa shape index (κ3) is 6.07. The van der Waals surface area contributed by atoms with Crippen LogP contribution in [0.2, 0.25) is 5.02 Å². The number of nitrogens with zero attached hydrogens (tertiary/aromatic N) is 1. The number of likely N-dealkylation sites (N-methyl/N-ethyl adjacent to an activating group) is 1. The highest BCUT2D eigenvalue weighted by Gasteiger charge is 2.38. The lowest BCUT2D eigenvalue weighted by Gasteiger charge is -2.19. The average Bonchev–Trinajstić information content (AvgIpc) is 3.22. The molecule has 1 saturated heterocycles. The van der Waals surface area contributed by atoms with Crippen LogP contribution in [0.25, 0.3) is 6.08 Å². The molecule has 0 unspecified atom stereocenters. The number of hydrogen-bond acceptors (Lipinski definition) is 4. The fourth-order valence-corrected chi connectivity index (χ4v) is 4.38. The van der Waals surface area contributed by atoms with Crippen LogP contribution in [-0.4, -0.2) is 36.9 Å². The minimum atomic E-state index is -0.413. The lowest BCUT2D eigenvalue weighted by atomic mass is 9.87. The van der Waals surface area contributed by atoms with Crippen LogP contribution in [-0.2, 0) is 9.59 Å². The van der Waals surface area contributed by atoms with Gasteiger partial charge in [0.2, 0.25) is 11.8 Å². The Kier molecular flexibility index (Phi) is 7.48. The number of hydrogen-bond donors (Lipinski definition) is 3. The van der Waals surface area contributed by atoms with Crippen molar-refractivity contribution in [2.75, 3.05) is 36.5 Å². The maximum absolute atomic E-state index is 15.1. The number of carbonyl (C=O) groups is 2. The van der Waals surface area contributed by atoms with Gasteiger partial charge in [0.1, 0.15) is 5.82 Å². The molecule has 4 rings (SSSR count). The van der Waals surface area contributed by atoms with Crippen molar-refractivity contribution in [1.29, 1.82) is 0 Å². The van der Waals surface area contributed by atoms with E-state index in [9.17, 15) is 9.59 Å². The summed E-state index contributed by atoms with van der Waals surface area (Å²) in [4.78, 5) is 27.2. The van der Waals surface area contributed by atoms with Gasteiger partial charge in [0.15, 0.2) is 0 Å². The Morgan fingerprint density at radius 1 is 1.06 bits per heavy atom. The van der Waals surface area contributed by atoms with Gasteiger partial charge in [-0.15, -0.1) is 0 Å². The number of carbonyl (C=O) groups excluding carboxylic acids is 2. The number of rotatable bonds is 6.